The number of imidazole rings is 1. The summed E-state index contributed by atoms with van der Waals surface area (Å²) in [5.74, 6) is 2.26. The molecule has 0 amide bonds. The summed E-state index contributed by atoms with van der Waals surface area (Å²) < 4.78 is 7.76. The fourth-order valence-corrected chi connectivity index (χ4v) is 1.90. The normalized spacial score (nSPS) is 10.4. The van der Waals surface area contributed by atoms with Crippen LogP contribution in [0.3, 0.4) is 0 Å². The summed E-state index contributed by atoms with van der Waals surface area (Å²) in [6, 6.07) is 9.23. The Bertz CT molecular complexity index is 564. The smallest absolute Gasteiger partial charge is 0.119 e. The van der Waals surface area contributed by atoms with E-state index >= 15 is 0 Å². The molecule has 0 aliphatic heterocycles. The van der Waals surface area contributed by atoms with Crippen molar-refractivity contribution in [3.63, 3.8) is 0 Å². The van der Waals surface area contributed by atoms with Crippen molar-refractivity contribution in [2.45, 2.75) is 26.3 Å². The fraction of sp³-hybridized carbons (Fsp3) is 0.333. The summed E-state index contributed by atoms with van der Waals surface area (Å²) in [6.45, 7) is 5.61. The van der Waals surface area contributed by atoms with E-state index in [1.807, 2.05) is 24.5 Å². The maximum absolute atomic E-state index is 8.71. The van der Waals surface area contributed by atoms with E-state index in [1.165, 1.54) is 0 Å². The molecule has 0 spiro atoms. The van der Waals surface area contributed by atoms with Gasteiger partial charge in [-0.2, -0.15) is 5.26 Å². The van der Waals surface area contributed by atoms with Gasteiger partial charge in [0.25, 0.3) is 0 Å². The topological polar surface area (TPSA) is 50.8 Å². The summed E-state index contributed by atoms with van der Waals surface area (Å²) in [7, 11) is 0. The van der Waals surface area contributed by atoms with Gasteiger partial charge in [-0.25, -0.2) is 4.98 Å². The monoisotopic (exact) mass is 255 g/mol. The second kappa shape index (κ2) is 6.05. The largest absolute Gasteiger partial charge is 0.492 e. The van der Waals surface area contributed by atoms with Crippen LogP contribution in [0.2, 0.25) is 0 Å². The molecule has 0 saturated heterocycles. The first-order valence-corrected chi connectivity index (χ1v) is 6.34. The van der Waals surface area contributed by atoms with E-state index in [1.54, 1.807) is 12.1 Å². The van der Waals surface area contributed by atoms with Crippen molar-refractivity contribution in [1.82, 2.24) is 9.55 Å². The predicted molar refractivity (Wildman–Crippen MR) is 73.0 cm³/mol. The summed E-state index contributed by atoms with van der Waals surface area (Å²) >= 11 is 0. The Hall–Kier alpha value is -2.28. The first-order valence-electron chi connectivity index (χ1n) is 6.34. The Morgan fingerprint density at radius 1 is 1.32 bits per heavy atom. The van der Waals surface area contributed by atoms with E-state index in [-0.39, 0.29) is 0 Å². The molecule has 1 heterocycles. The van der Waals surface area contributed by atoms with Gasteiger partial charge in [0.1, 0.15) is 18.2 Å². The number of hydrogen-bond acceptors (Lipinski definition) is 3. The summed E-state index contributed by atoms with van der Waals surface area (Å²) in [4.78, 5) is 4.34. The van der Waals surface area contributed by atoms with Crippen molar-refractivity contribution in [1.29, 1.82) is 5.26 Å². The Labute approximate surface area is 113 Å². The van der Waals surface area contributed by atoms with E-state index in [9.17, 15) is 0 Å². The number of aromatic nitrogens is 2. The molecule has 0 atom stereocenters. The molecule has 1 aromatic carbocycles. The lowest BCUT2D eigenvalue weighted by atomic mass is 10.2. The Balaban J connectivity index is 1.89. The SMILES string of the molecule is CC(C)c1nccn1CCOc1ccc(C#N)cc1. The lowest BCUT2D eigenvalue weighted by Crippen LogP contribution is -2.11. The molecule has 0 saturated carbocycles. The van der Waals surface area contributed by atoms with E-state index in [4.69, 9.17) is 10.00 Å². The van der Waals surface area contributed by atoms with Gasteiger partial charge in [0.05, 0.1) is 18.2 Å². The standard InChI is InChI=1S/C15H17N3O/c1-12(2)15-17-7-8-18(15)9-10-19-14-5-3-13(11-16)4-6-14/h3-8,12H,9-10H2,1-2H3. The molecule has 0 N–H and O–H groups in total. The first-order chi connectivity index (χ1) is 9.20. The van der Waals surface area contributed by atoms with E-state index in [0.717, 1.165) is 18.1 Å². The lowest BCUT2D eigenvalue weighted by molar-refractivity contribution is 0.295. The number of ether oxygens (including phenoxy) is 1. The van der Waals surface area contributed by atoms with Crippen LogP contribution in [0.5, 0.6) is 5.75 Å². The third-order valence-electron chi connectivity index (χ3n) is 2.85. The van der Waals surface area contributed by atoms with Gasteiger partial charge >= 0.3 is 0 Å². The average Bonchev–Trinajstić information content (AvgIpc) is 2.88. The first kappa shape index (κ1) is 13.2. The summed E-state index contributed by atoms with van der Waals surface area (Å²) in [6.07, 6.45) is 3.79. The van der Waals surface area contributed by atoms with Crippen molar-refractivity contribution >= 4 is 0 Å². The molecule has 1 aromatic heterocycles. The zero-order valence-corrected chi connectivity index (χ0v) is 11.2. The summed E-state index contributed by atoms with van der Waals surface area (Å²) in [5.41, 5.74) is 0.643. The highest BCUT2D eigenvalue weighted by Gasteiger charge is 2.06. The second-order valence-electron chi connectivity index (χ2n) is 4.62. The third-order valence-corrected chi connectivity index (χ3v) is 2.85. The summed E-state index contributed by atoms with van der Waals surface area (Å²) in [5, 5.41) is 8.71. The van der Waals surface area contributed by atoms with Gasteiger partial charge < -0.3 is 9.30 Å². The maximum atomic E-state index is 8.71. The molecule has 19 heavy (non-hydrogen) atoms. The molecule has 98 valence electrons. The van der Waals surface area contributed by atoms with Gasteiger partial charge in [0.2, 0.25) is 0 Å². The Morgan fingerprint density at radius 3 is 2.68 bits per heavy atom. The molecule has 4 nitrogen and oxygen atoms in total. The highest BCUT2D eigenvalue weighted by atomic mass is 16.5. The van der Waals surface area contributed by atoms with Crippen LogP contribution < -0.4 is 4.74 Å². The third kappa shape index (κ3) is 3.35. The molecule has 0 aliphatic rings. The molecule has 2 aromatic rings. The van der Waals surface area contributed by atoms with E-state index in [2.05, 4.69) is 29.5 Å². The van der Waals surface area contributed by atoms with Crippen LogP contribution in [0.25, 0.3) is 0 Å². The van der Waals surface area contributed by atoms with Crippen LogP contribution in [-0.2, 0) is 6.54 Å². The highest BCUT2D eigenvalue weighted by Crippen LogP contribution is 2.13. The van der Waals surface area contributed by atoms with Crippen molar-refractivity contribution in [3.05, 3.63) is 48.0 Å². The molecule has 0 aliphatic carbocycles. The van der Waals surface area contributed by atoms with Crippen molar-refractivity contribution in [3.8, 4) is 11.8 Å². The number of nitrogens with zero attached hydrogens (tertiary/aromatic N) is 3. The number of benzene rings is 1. The van der Waals surface area contributed by atoms with Crippen LogP contribution in [0.1, 0.15) is 31.2 Å². The van der Waals surface area contributed by atoms with Gasteiger partial charge in [-0.15, -0.1) is 0 Å². The molecule has 0 fully saturated rings. The molecular formula is C15H17N3O. The Kier molecular flexibility index (Phi) is 4.19. The van der Waals surface area contributed by atoms with Crippen LogP contribution >= 0.6 is 0 Å². The minimum absolute atomic E-state index is 0.407. The lowest BCUT2D eigenvalue weighted by Gasteiger charge is -2.11. The number of hydrogen-bond donors (Lipinski definition) is 0. The quantitative estimate of drug-likeness (QED) is 0.825. The van der Waals surface area contributed by atoms with Gasteiger partial charge in [-0.3, -0.25) is 0 Å². The van der Waals surface area contributed by atoms with Crippen LogP contribution in [0.4, 0.5) is 0 Å². The maximum Gasteiger partial charge on any atom is 0.119 e. The molecular weight excluding hydrogens is 238 g/mol. The average molecular weight is 255 g/mol. The van der Waals surface area contributed by atoms with Crippen LogP contribution in [0.15, 0.2) is 36.7 Å². The van der Waals surface area contributed by atoms with Crippen molar-refractivity contribution in [2.75, 3.05) is 6.61 Å². The molecule has 0 radical (unpaired) electrons. The van der Waals surface area contributed by atoms with Crippen LogP contribution in [0, 0.1) is 11.3 Å². The second-order valence-corrected chi connectivity index (χ2v) is 4.62. The van der Waals surface area contributed by atoms with E-state index < -0.39 is 0 Å². The predicted octanol–water partition coefficient (Wildman–Crippen LogP) is 2.96. The van der Waals surface area contributed by atoms with Gasteiger partial charge in [-0.05, 0) is 24.3 Å². The van der Waals surface area contributed by atoms with Crippen molar-refractivity contribution < 1.29 is 4.74 Å². The number of nitriles is 1. The molecule has 4 heteroatoms. The van der Waals surface area contributed by atoms with Gasteiger partial charge in [-0.1, -0.05) is 13.8 Å². The fourth-order valence-electron chi connectivity index (χ4n) is 1.90. The molecule has 2 rings (SSSR count). The number of rotatable bonds is 5. The van der Waals surface area contributed by atoms with E-state index in [0.29, 0.717) is 18.1 Å². The van der Waals surface area contributed by atoms with Gasteiger partial charge in [0, 0.05) is 18.3 Å². The molecule has 0 bridgehead atoms. The Morgan fingerprint density at radius 2 is 2.05 bits per heavy atom. The molecule has 0 unspecified atom stereocenters. The van der Waals surface area contributed by atoms with Crippen molar-refractivity contribution in [2.24, 2.45) is 0 Å². The zero-order valence-electron chi connectivity index (χ0n) is 11.2. The highest BCUT2D eigenvalue weighted by molar-refractivity contribution is 5.34. The zero-order chi connectivity index (χ0) is 13.7. The minimum Gasteiger partial charge on any atom is -0.492 e. The van der Waals surface area contributed by atoms with Gasteiger partial charge in [0.15, 0.2) is 0 Å². The van der Waals surface area contributed by atoms with Crippen LogP contribution in [-0.4, -0.2) is 16.2 Å². The minimum atomic E-state index is 0.407.